The Balaban J connectivity index is 1.30. The van der Waals surface area contributed by atoms with Crippen molar-refractivity contribution in [1.29, 1.82) is 0 Å². The van der Waals surface area contributed by atoms with Crippen molar-refractivity contribution in [2.75, 3.05) is 31.5 Å². The lowest BCUT2D eigenvalue weighted by molar-refractivity contribution is -0.116. The molecule has 48 heavy (non-hydrogen) atoms. The van der Waals surface area contributed by atoms with Gasteiger partial charge < -0.3 is 10.6 Å². The van der Waals surface area contributed by atoms with Crippen LogP contribution in [0.5, 0.6) is 0 Å². The Morgan fingerprint density at radius 1 is 0.958 bits per heavy atom. The van der Waals surface area contributed by atoms with E-state index in [1.807, 2.05) is 6.92 Å². The Morgan fingerprint density at radius 2 is 1.67 bits per heavy atom. The third-order valence-electron chi connectivity index (χ3n) is 8.57. The molecule has 1 aromatic heterocycles. The minimum Gasteiger partial charge on any atom is -0.324 e. The summed E-state index contributed by atoms with van der Waals surface area (Å²) in [7, 11) is -3.55. The van der Waals surface area contributed by atoms with E-state index in [2.05, 4.69) is 34.2 Å². The molecule has 0 aliphatic carbocycles. The van der Waals surface area contributed by atoms with E-state index in [4.69, 9.17) is 0 Å². The maximum absolute atomic E-state index is 14.9. The van der Waals surface area contributed by atoms with Gasteiger partial charge in [-0.05, 0) is 85.9 Å². The number of anilines is 1. The number of carbonyl (C=O) groups is 1. The summed E-state index contributed by atoms with van der Waals surface area (Å²) < 4.78 is 86.7. The number of nitrogens with one attached hydrogen (secondary N) is 3. The Bertz CT molecular complexity index is 1600. The number of benzene rings is 2. The van der Waals surface area contributed by atoms with E-state index in [9.17, 15) is 30.8 Å². The first-order valence-electron chi connectivity index (χ1n) is 16.4. The van der Waals surface area contributed by atoms with Crippen molar-refractivity contribution >= 4 is 21.8 Å². The normalized spacial score (nSPS) is 16.7. The second-order valence-corrected chi connectivity index (χ2v) is 14.7. The Kier molecular flexibility index (Phi) is 13.5. The molecule has 1 aliphatic rings. The molecular weight excluding hydrogens is 646 g/mol. The van der Waals surface area contributed by atoms with Gasteiger partial charge in [-0.3, -0.25) is 9.78 Å². The van der Waals surface area contributed by atoms with Crippen LogP contribution in [-0.4, -0.2) is 55.8 Å². The third kappa shape index (κ3) is 10.8. The van der Waals surface area contributed by atoms with Crippen LogP contribution in [0.2, 0.25) is 0 Å². The van der Waals surface area contributed by atoms with E-state index < -0.39 is 45.3 Å². The summed E-state index contributed by atoms with van der Waals surface area (Å²) in [5.74, 6) is -3.52. The number of nitrogens with zero attached hydrogens (tertiary/aromatic N) is 2. The monoisotopic (exact) mass is 691 g/mol. The highest BCUT2D eigenvalue weighted by Crippen LogP contribution is 2.31. The number of hydrogen-bond acceptors (Lipinski definition) is 5. The van der Waals surface area contributed by atoms with Crippen LogP contribution in [0.3, 0.4) is 0 Å². The fraction of sp³-hybridized carbons (Fsp3) is 0.486. The van der Waals surface area contributed by atoms with Crippen molar-refractivity contribution in [1.82, 2.24) is 19.3 Å². The van der Waals surface area contributed by atoms with Crippen LogP contribution in [0, 0.1) is 35.1 Å². The van der Waals surface area contributed by atoms with Crippen LogP contribution in [-0.2, 0) is 21.4 Å². The third-order valence-corrected chi connectivity index (χ3v) is 10.2. The highest BCUT2D eigenvalue weighted by Gasteiger charge is 2.34. The van der Waals surface area contributed by atoms with Crippen LogP contribution in [0.1, 0.15) is 75.5 Å². The second kappa shape index (κ2) is 17.3. The van der Waals surface area contributed by atoms with Crippen LogP contribution in [0.4, 0.5) is 23.2 Å². The number of amides is 1. The summed E-state index contributed by atoms with van der Waals surface area (Å²) in [6.45, 7) is 7.95. The van der Waals surface area contributed by atoms with E-state index in [0.29, 0.717) is 44.0 Å². The van der Waals surface area contributed by atoms with E-state index >= 15 is 0 Å². The van der Waals surface area contributed by atoms with E-state index in [-0.39, 0.29) is 41.7 Å². The van der Waals surface area contributed by atoms with E-state index in [1.54, 1.807) is 4.31 Å². The maximum atomic E-state index is 14.9. The van der Waals surface area contributed by atoms with Gasteiger partial charge in [-0.2, -0.15) is 12.7 Å². The average molecular weight is 692 g/mol. The summed E-state index contributed by atoms with van der Waals surface area (Å²) in [5, 5.41) is 5.96. The first-order valence-corrected chi connectivity index (χ1v) is 17.9. The summed E-state index contributed by atoms with van der Waals surface area (Å²) in [6, 6.07) is 8.33. The van der Waals surface area contributed by atoms with Crippen LogP contribution in [0.25, 0.3) is 0 Å². The minimum atomic E-state index is -3.55. The summed E-state index contributed by atoms with van der Waals surface area (Å²) in [6.07, 6.45) is 5.62. The predicted octanol–water partition coefficient (Wildman–Crippen LogP) is 6.30. The average Bonchev–Trinajstić information content (AvgIpc) is 3.48. The largest absolute Gasteiger partial charge is 0.324 e. The van der Waals surface area contributed by atoms with Gasteiger partial charge in [0.15, 0.2) is 0 Å². The highest BCUT2D eigenvalue weighted by molar-refractivity contribution is 7.87. The van der Waals surface area contributed by atoms with Crippen LogP contribution >= 0.6 is 0 Å². The van der Waals surface area contributed by atoms with Crippen molar-refractivity contribution in [3.63, 3.8) is 0 Å². The molecule has 1 amide bonds. The molecule has 262 valence electrons. The molecule has 3 N–H and O–H groups in total. The molecule has 0 spiro atoms. The Labute approximate surface area is 280 Å². The van der Waals surface area contributed by atoms with E-state index in [1.165, 1.54) is 30.5 Å². The first-order chi connectivity index (χ1) is 22.8. The number of aromatic nitrogens is 1. The lowest BCUT2D eigenvalue weighted by atomic mass is 9.88. The van der Waals surface area contributed by atoms with Crippen molar-refractivity contribution in [3.8, 4) is 0 Å². The fourth-order valence-corrected chi connectivity index (χ4v) is 7.69. The van der Waals surface area contributed by atoms with Crippen LogP contribution in [0.15, 0.2) is 54.9 Å². The Morgan fingerprint density at radius 3 is 2.35 bits per heavy atom. The van der Waals surface area contributed by atoms with Crippen molar-refractivity contribution < 1.29 is 30.8 Å². The molecule has 4 rings (SSSR count). The van der Waals surface area contributed by atoms with Gasteiger partial charge in [0.2, 0.25) is 5.91 Å². The number of hydrogen-bond donors (Lipinski definition) is 3. The standard InChI is InChI=1S/C35H45F4N5O3S/c1-23(2)15-30-5-4-14-44(30)48(46,47)42-13-12-40-20-24(3)6-11-31-33(39)21-41-22-34(31)43-35(45)19-32(25-7-9-27(36)10-8-25)26-16-28(37)18-29(38)17-26/h7-10,16-18,21-24,30,32,40,42H,4-6,11-15,19-20H2,1-3H3,(H,43,45)/t24-,30?,32-/m0/s1. The number of rotatable bonds is 17. The molecule has 2 aromatic carbocycles. The molecule has 1 saturated heterocycles. The molecule has 0 bridgehead atoms. The number of carbonyl (C=O) groups excluding carboxylic acids is 1. The van der Waals surface area contributed by atoms with Gasteiger partial charge in [-0.15, -0.1) is 0 Å². The van der Waals surface area contributed by atoms with Gasteiger partial charge in [-0.25, -0.2) is 22.3 Å². The zero-order valence-corrected chi connectivity index (χ0v) is 28.4. The predicted molar refractivity (Wildman–Crippen MR) is 179 cm³/mol. The quantitative estimate of drug-likeness (QED) is 0.114. The van der Waals surface area contributed by atoms with Gasteiger partial charge in [0.25, 0.3) is 10.2 Å². The zero-order valence-electron chi connectivity index (χ0n) is 27.6. The molecule has 0 radical (unpaired) electrons. The molecule has 13 heteroatoms. The zero-order chi connectivity index (χ0) is 34.8. The van der Waals surface area contributed by atoms with Crippen molar-refractivity contribution in [2.45, 2.75) is 71.3 Å². The topological polar surface area (TPSA) is 103 Å². The lowest BCUT2D eigenvalue weighted by Crippen LogP contribution is -2.45. The molecule has 1 aliphatic heterocycles. The summed E-state index contributed by atoms with van der Waals surface area (Å²) in [4.78, 5) is 17.1. The Hall–Kier alpha value is -3.39. The molecule has 1 fully saturated rings. The summed E-state index contributed by atoms with van der Waals surface area (Å²) >= 11 is 0. The second-order valence-electron chi connectivity index (χ2n) is 13.0. The molecular formula is C35H45F4N5O3S. The van der Waals surface area contributed by atoms with Crippen LogP contribution < -0.4 is 15.4 Å². The highest BCUT2D eigenvalue weighted by atomic mass is 32.2. The molecule has 3 aromatic rings. The van der Waals surface area contributed by atoms with Crippen molar-refractivity contribution in [3.05, 3.63) is 94.8 Å². The smallest absolute Gasteiger partial charge is 0.279 e. The SMILES string of the molecule is CC(C)CC1CCCN1S(=O)(=O)NCCNC[C@@H](C)CCc1c(F)cncc1NC(=O)C[C@@H](c1ccc(F)cc1)c1cc(F)cc(F)c1. The molecule has 2 heterocycles. The number of pyridine rings is 1. The number of halogens is 4. The maximum Gasteiger partial charge on any atom is 0.279 e. The van der Waals surface area contributed by atoms with Crippen molar-refractivity contribution in [2.24, 2.45) is 11.8 Å². The first kappa shape index (κ1) is 37.4. The van der Waals surface area contributed by atoms with Gasteiger partial charge in [-0.1, -0.05) is 32.9 Å². The fourth-order valence-electron chi connectivity index (χ4n) is 6.21. The van der Waals surface area contributed by atoms with Gasteiger partial charge in [0.05, 0.1) is 18.1 Å². The molecule has 1 unspecified atom stereocenters. The van der Waals surface area contributed by atoms with Gasteiger partial charge >= 0.3 is 0 Å². The lowest BCUT2D eigenvalue weighted by Gasteiger charge is -2.25. The van der Waals surface area contributed by atoms with Gasteiger partial charge in [0, 0.05) is 49.6 Å². The summed E-state index contributed by atoms with van der Waals surface area (Å²) in [5.41, 5.74) is 1.15. The molecule has 8 nitrogen and oxygen atoms in total. The minimum absolute atomic E-state index is 0.0352. The molecule has 3 atom stereocenters. The van der Waals surface area contributed by atoms with Gasteiger partial charge in [0.1, 0.15) is 23.3 Å². The van der Waals surface area contributed by atoms with E-state index in [0.717, 1.165) is 43.7 Å². The molecule has 0 saturated carbocycles.